The molecule has 0 bridgehead atoms. The van der Waals surface area contributed by atoms with Crippen LogP contribution in [0.4, 0.5) is 5.69 Å². The summed E-state index contributed by atoms with van der Waals surface area (Å²) in [5.41, 5.74) is 4.22. The number of nitro benzene ring substituents is 1. The minimum Gasteiger partial charge on any atom is -0.496 e. The van der Waals surface area contributed by atoms with Crippen LogP contribution in [0.2, 0.25) is 0 Å². The zero-order valence-corrected chi connectivity index (χ0v) is 21.3. The van der Waals surface area contributed by atoms with Gasteiger partial charge in [-0.2, -0.15) is 0 Å². The van der Waals surface area contributed by atoms with Crippen LogP contribution in [-0.2, 0) is 4.74 Å². The predicted octanol–water partition coefficient (Wildman–Crippen LogP) is 4.56. The molecule has 1 N–H and O–H groups in total. The quantitative estimate of drug-likeness (QED) is 0.283. The van der Waals surface area contributed by atoms with Gasteiger partial charge in [-0.1, -0.05) is 6.07 Å². The second-order valence-electron chi connectivity index (χ2n) is 9.19. The van der Waals surface area contributed by atoms with Gasteiger partial charge in [0.15, 0.2) is 5.11 Å². The minimum absolute atomic E-state index is 0.0137. The summed E-state index contributed by atoms with van der Waals surface area (Å²) in [6, 6.07) is 12.6. The molecule has 2 fully saturated rings. The molecule has 2 aromatic heterocycles. The number of benzene rings is 1. The third-order valence-corrected chi connectivity index (χ3v) is 7.38. The highest BCUT2D eigenvalue weighted by Gasteiger charge is 2.42. The Bertz CT molecular complexity index is 1290. The van der Waals surface area contributed by atoms with Gasteiger partial charge >= 0.3 is 0 Å². The highest BCUT2D eigenvalue weighted by molar-refractivity contribution is 7.80. The predicted molar refractivity (Wildman–Crippen MR) is 140 cm³/mol. The van der Waals surface area contributed by atoms with E-state index in [9.17, 15) is 10.1 Å². The molecule has 0 amide bonds. The molecular weight excluding hydrogens is 478 g/mol. The van der Waals surface area contributed by atoms with Gasteiger partial charge in [0.05, 0.1) is 42.0 Å². The monoisotopic (exact) mass is 507 g/mol. The van der Waals surface area contributed by atoms with Crippen molar-refractivity contribution in [2.75, 3.05) is 20.3 Å². The molecule has 0 unspecified atom stereocenters. The van der Waals surface area contributed by atoms with Crippen LogP contribution in [0, 0.1) is 24.0 Å². The lowest BCUT2D eigenvalue weighted by Gasteiger charge is -2.30. The van der Waals surface area contributed by atoms with Crippen LogP contribution >= 0.6 is 12.2 Å². The van der Waals surface area contributed by atoms with Gasteiger partial charge in [-0.05, 0) is 74.8 Å². The zero-order valence-electron chi connectivity index (χ0n) is 20.5. The van der Waals surface area contributed by atoms with Crippen LogP contribution in [0.1, 0.15) is 47.6 Å². The molecule has 0 spiro atoms. The second-order valence-corrected chi connectivity index (χ2v) is 9.57. The number of pyridine rings is 1. The van der Waals surface area contributed by atoms with E-state index < -0.39 is 0 Å². The Morgan fingerprint density at radius 3 is 2.78 bits per heavy atom. The van der Waals surface area contributed by atoms with Crippen LogP contribution in [0.5, 0.6) is 5.75 Å². The molecule has 0 saturated carbocycles. The van der Waals surface area contributed by atoms with Crippen molar-refractivity contribution >= 4 is 23.0 Å². The van der Waals surface area contributed by atoms with Crippen molar-refractivity contribution in [1.82, 2.24) is 19.8 Å². The second kappa shape index (κ2) is 9.87. The van der Waals surface area contributed by atoms with Crippen LogP contribution in [0.25, 0.3) is 5.69 Å². The number of nitro groups is 1. The number of nitrogens with one attached hydrogen (secondary N) is 1. The van der Waals surface area contributed by atoms with E-state index in [4.69, 9.17) is 21.7 Å². The van der Waals surface area contributed by atoms with Crippen LogP contribution < -0.4 is 10.1 Å². The first kappa shape index (κ1) is 24.2. The zero-order chi connectivity index (χ0) is 25.4. The van der Waals surface area contributed by atoms with Gasteiger partial charge in [-0.25, -0.2) is 0 Å². The molecule has 2 saturated heterocycles. The lowest BCUT2D eigenvalue weighted by atomic mass is 9.96. The largest absolute Gasteiger partial charge is 0.496 e. The van der Waals surface area contributed by atoms with E-state index in [1.165, 1.54) is 13.2 Å². The number of thiocarbonyl (C=S) groups is 1. The average molecular weight is 508 g/mol. The van der Waals surface area contributed by atoms with Crippen LogP contribution in [0.15, 0.2) is 48.7 Å². The Morgan fingerprint density at radius 1 is 1.28 bits per heavy atom. The smallest absolute Gasteiger partial charge is 0.296 e. The van der Waals surface area contributed by atoms with Crippen molar-refractivity contribution in [3.05, 3.63) is 81.4 Å². The van der Waals surface area contributed by atoms with E-state index in [1.54, 1.807) is 18.3 Å². The molecule has 188 valence electrons. The lowest BCUT2D eigenvalue weighted by molar-refractivity contribution is -0.384. The maximum absolute atomic E-state index is 12.0. The van der Waals surface area contributed by atoms with Gasteiger partial charge in [0.2, 0.25) is 0 Å². The van der Waals surface area contributed by atoms with Gasteiger partial charge in [0, 0.05) is 30.7 Å². The summed E-state index contributed by atoms with van der Waals surface area (Å²) in [5, 5.41) is 16.1. The summed E-state index contributed by atoms with van der Waals surface area (Å²) in [5.74, 6) is 0.441. The SMILES string of the molecule is COc1ccc(-n2c(C)cc([C@@H]3[C@@H](c4ccccn4)NC(=S)N3C[C@H]3CCCO3)c2C)c([N+](=O)[O-])c1. The van der Waals surface area contributed by atoms with Gasteiger partial charge in [-0.3, -0.25) is 15.1 Å². The highest BCUT2D eigenvalue weighted by atomic mass is 32.1. The van der Waals surface area contributed by atoms with Crippen molar-refractivity contribution in [2.24, 2.45) is 0 Å². The first-order chi connectivity index (χ1) is 17.4. The molecule has 2 aliphatic heterocycles. The van der Waals surface area contributed by atoms with E-state index in [-0.39, 0.29) is 28.8 Å². The van der Waals surface area contributed by atoms with Crippen molar-refractivity contribution < 1.29 is 14.4 Å². The van der Waals surface area contributed by atoms with E-state index in [0.717, 1.165) is 42.1 Å². The molecule has 1 aromatic carbocycles. The number of nitrogens with zero attached hydrogens (tertiary/aromatic N) is 4. The van der Waals surface area contributed by atoms with Crippen LogP contribution in [0.3, 0.4) is 0 Å². The molecule has 3 aromatic rings. The van der Waals surface area contributed by atoms with E-state index >= 15 is 0 Å². The standard InChI is InChI=1S/C26H29N5O4S/c1-16-13-20(17(2)30(16)22-10-9-18(34-3)14-23(22)31(32)33)25-24(21-8-4-5-11-27-21)28-26(36)29(25)15-19-7-6-12-35-19/h4-5,8-11,13-14,19,24-25H,6-7,12,15H2,1-3H3,(H,28,36)/t19-,24-,25-/m1/s1. The summed E-state index contributed by atoms with van der Waals surface area (Å²) in [4.78, 5) is 18.4. The molecule has 10 heteroatoms. The van der Waals surface area contributed by atoms with Gasteiger partial charge in [-0.15, -0.1) is 0 Å². The molecule has 0 radical (unpaired) electrons. The lowest BCUT2D eigenvalue weighted by Crippen LogP contribution is -2.36. The van der Waals surface area contributed by atoms with Gasteiger partial charge in [0.25, 0.3) is 5.69 Å². The average Bonchev–Trinajstić information content (AvgIpc) is 3.58. The Hall–Kier alpha value is -3.50. The molecule has 2 aliphatic rings. The van der Waals surface area contributed by atoms with Crippen LogP contribution in [-0.4, -0.2) is 50.9 Å². The fourth-order valence-corrected chi connectivity index (χ4v) is 5.69. The molecule has 4 heterocycles. The fraction of sp³-hybridized carbons (Fsp3) is 0.385. The summed E-state index contributed by atoms with van der Waals surface area (Å²) in [6.45, 7) is 5.40. The van der Waals surface area contributed by atoms with Crippen molar-refractivity contribution in [2.45, 2.75) is 44.9 Å². The number of methoxy groups -OCH3 is 1. The van der Waals surface area contributed by atoms with Crippen molar-refractivity contribution in [3.63, 3.8) is 0 Å². The molecule has 3 atom stereocenters. The van der Waals surface area contributed by atoms with Crippen molar-refractivity contribution in [1.29, 1.82) is 0 Å². The Morgan fingerprint density at radius 2 is 2.11 bits per heavy atom. The Kier molecular flexibility index (Phi) is 6.63. The first-order valence-electron chi connectivity index (χ1n) is 12.0. The molecule has 0 aliphatic carbocycles. The first-order valence-corrected chi connectivity index (χ1v) is 12.4. The molecular formula is C26H29N5O4S. The maximum atomic E-state index is 12.0. The number of rotatable bonds is 7. The topological polar surface area (TPSA) is 94.7 Å². The molecule has 5 rings (SSSR count). The Balaban J connectivity index is 1.62. The van der Waals surface area contributed by atoms with Gasteiger partial charge in [0.1, 0.15) is 11.4 Å². The highest BCUT2D eigenvalue weighted by Crippen LogP contribution is 2.42. The Labute approximate surface area is 215 Å². The summed E-state index contributed by atoms with van der Waals surface area (Å²) in [6.07, 6.45) is 3.94. The number of hydrogen-bond acceptors (Lipinski definition) is 6. The normalized spacial score (nSPS) is 21.6. The van der Waals surface area contributed by atoms with E-state index in [1.807, 2.05) is 36.6 Å². The third-order valence-electron chi connectivity index (χ3n) is 7.03. The summed E-state index contributed by atoms with van der Waals surface area (Å²) < 4.78 is 13.1. The number of aryl methyl sites for hydroxylation is 1. The third kappa shape index (κ3) is 4.31. The summed E-state index contributed by atoms with van der Waals surface area (Å²) >= 11 is 5.81. The summed E-state index contributed by atoms with van der Waals surface area (Å²) in [7, 11) is 1.50. The fourth-order valence-electron chi connectivity index (χ4n) is 5.37. The number of hydrogen-bond donors (Lipinski definition) is 1. The van der Waals surface area contributed by atoms with Gasteiger partial charge < -0.3 is 24.3 Å². The van der Waals surface area contributed by atoms with Crippen molar-refractivity contribution in [3.8, 4) is 11.4 Å². The number of ether oxygens (including phenoxy) is 2. The maximum Gasteiger partial charge on any atom is 0.296 e. The minimum atomic E-state index is -0.372. The molecule has 9 nitrogen and oxygen atoms in total. The molecule has 36 heavy (non-hydrogen) atoms. The van der Waals surface area contributed by atoms with E-state index in [2.05, 4.69) is 21.3 Å². The van der Waals surface area contributed by atoms with E-state index in [0.29, 0.717) is 23.1 Å². The number of aromatic nitrogens is 2.